The lowest BCUT2D eigenvalue weighted by Crippen LogP contribution is -2.50. The molecule has 0 aromatic heterocycles. The molecule has 8 heteroatoms. The van der Waals surface area contributed by atoms with Crippen LogP contribution in [-0.2, 0) is 14.8 Å². The molecule has 0 aliphatic carbocycles. The fourth-order valence-corrected chi connectivity index (χ4v) is 4.88. The number of amides is 1. The van der Waals surface area contributed by atoms with Crippen LogP contribution < -0.4 is 5.32 Å². The van der Waals surface area contributed by atoms with Crippen molar-refractivity contribution in [2.24, 2.45) is 0 Å². The van der Waals surface area contributed by atoms with Gasteiger partial charge in [-0.05, 0) is 43.2 Å². The summed E-state index contributed by atoms with van der Waals surface area (Å²) in [6.45, 7) is 5.58. The second kappa shape index (κ2) is 8.74. The SMILES string of the molecule is Cc1ccc(C)c(NC(=O)CN2CCN(S(=O)(=O)c3ccccc3C#N)CC2)c1. The lowest BCUT2D eigenvalue weighted by atomic mass is 10.1. The number of carbonyl (C=O) groups excluding carboxylic acids is 1. The largest absolute Gasteiger partial charge is 0.325 e. The van der Waals surface area contributed by atoms with Gasteiger partial charge in [0.05, 0.1) is 17.0 Å². The number of nitrogens with one attached hydrogen (secondary N) is 1. The summed E-state index contributed by atoms with van der Waals surface area (Å²) in [6, 6.07) is 14.0. The number of carbonyl (C=O) groups is 1. The highest BCUT2D eigenvalue weighted by Crippen LogP contribution is 2.21. The first-order chi connectivity index (χ1) is 13.8. The van der Waals surface area contributed by atoms with Gasteiger partial charge in [0.1, 0.15) is 6.07 Å². The van der Waals surface area contributed by atoms with Crippen LogP contribution in [0, 0.1) is 25.2 Å². The summed E-state index contributed by atoms with van der Waals surface area (Å²) in [5, 5.41) is 12.1. The Balaban J connectivity index is 1.60. The van der Waals surface area contributed by atoms with Crippen LogP contribution in [-0.4, -0.2) is 56.3 Å². The zero-order valence-corrected chi connectivity index (χ0v) is 17.4. The zero-order chi connectivity index (χ0) is 21.0. The van der Waals surface area contributed by atoms with Gasteiger partial charge >= 0.3 is 0 Å². The number of nitrogens with zero attached hydrogens (tertiary/aromatic N) is 3. The molecule has 0 bridgehead atoms. The summed E-state index contributed by atoms with van der Waals surface area (Å²) in [4.78, 5) is 14.4. The van der Waals surface area contributed by atoms with Crippen molar-refractivity contribution >= 4 is 21.6 Å². The predicted molar refractivity (Wildman–Crippen MR) is 111 cm³/mol. The van der Waals surface area contributed by atoms with Crippen molar-refractivity contribution in [1.82, 2.24) is 9.21 Å². The Morgan fingerprint density at radius 3 is 2.48 bits per heavy atom. The lowest BCUT2D eigenvalue weighted by Gasteiger charge is -2.33. The van der Waals surface area contributed by atoms with E-state index in [-0.39, 0.29) is 36.0 Å². The van der Waals surface area contributed by atoms with Crippen LogP contribution in [0.2, 0.25) is 0 Å². The molecule has 2 aromatic carbocycles. The van der Waals surface area contributed by atoms with Crippen LogP contribution >= 0.6 is 0 Å². The number of aryl methyl sites for hydroxylation is 2. The first-order valence-electron chi connectivity index (χ1n) is 9.40. The molecular formula is C21H24N4O3S. The quantitative estimate of drug-likeness (QED) is 0.812. The third-order valence-corrected chi connectivity index (χ3v) is 6.95. The van der Waals surface area contributed by atoms with Crippen LogP contribution in [0.5, 0.6) is 0 Å². The second-order valence-electron chi connectivity index (χ2n) is 7.15. The van der Waals surface area contributed by atoms with Crippen molar-refractivity contribution in [2.45, 2.75) is 18.7 Å². The summed E-state index contributed by atoms with van der Waals surface area (Å²) in [7, 11) is -3.73. The van der Waals surface area contributed by atoms with Crippen molar-refractivity contribution in [3.05, 3.63) is 59.2 Å². The van der Waals surface area contributed by atoms with E-state index in [0.29, 0.717) is 13.1 Å². The molecule has 1 heterocycles. The highest BCUT2D eigenvalue weighted by Gasteiger charge is 2.30. The van der Waals surface area contributed by atoms with Crippen LogP contribution in [0.25, 0.3) is 0 Å². The lowest BCUT2D eigenvalue weighted by molar-refractivity contribution is -0.117. The van der Waals surface area contributed by atoms with Gasteiger partial charge in [-0.2, -0.15) is 9.57 Å². The third kappa shape index (κ3) is 4.82. The van der Waals surface area contributed by atoms with E-state index in [2.05, 4.69) is 5.32 Å². The monoisotopic (exact) mass is 412 g/mol. The molecule has 29 heavy (non-hydrogen) atoms. The van der Waals surface area contributed by atoms with E-state index in [0.717, 1.165) is 16.8 Å². The van der Waals surface area contributed by atoms with Gasteiger partial charge in [0.15, 0.2) is 0 Å². The van der Waals surface area contributed by atoms with Crippen LogP contribution in [0.1, 0.15) is 16.7 Å². The topological polar surface area (TPSA) is 93.5 Å². The molecule has 1 amide bonds. The number of hydrogen-bond acceptors (Lipinski definition) is 5. The van der Waals surface area contributed by atoms with Gasteiger partial charge in [0.25, 0.3) is 0 Å². The molecule has 0 spiro atoms. The maximum Gasteiger partial charge on any atom is 0.244 e. The summed E-state index contributed by atoms with van der Waals surface area (Å²) in [6.07, 6.45) is 0. The van der Waals surface area contributed by atoms with Gasteiger partial charge in [-0.1, -0.05) is 24.3 Å². The minimum atomic E-state index is -3.73. The minimum Gasteiger partial charge on any atom is -0.325 e. The highest BCUT2D eigenvalue weighted by atomic mass is 32.2. The van der Waals surface area contributed by atoms with E-state index in [1.807, 2.05) is 43.0 Å². The first-order valence-corrected chi connectivity index (χ1v) is 10.8. The van der Waals surface area contributed by atoms with E-state index in [1.54, 1.807) is 12.1 Å². The van der Waals surface area contributed by atoms with Crippen LogP contribution in [0.4, 0.5) is 5.69 Å². The maximum atomic E-state index is 12.9. The number of hydrogen-bond donors (Lipinski definition) is 1. The molecule has 2 aromatic rings. The minimum absolute atomic E-state index is 0.0311. The van der Waals surface area contributed by atoms with Crippen molar-refractivity contribution in [2.75, 3.05) is 38.0 Å². The van der Waals surface area contributed by atoms with Gasteiger partial charge in [-0.25, -0.2) is 8.42 Å². The van der Waals surface area contributed by atoms with Gasteiger partial charge < -0.3 is 5.32 Å². The summed E-state index contributed by atoms with van der Waals surface area (Å²) in [5.74, 6) is -0.121. The first kappa shape index (κ1) is 21.0. The van der Waals surface area contributed by atoms with Gasteiger partial charge in [-0.3, -0.25) is 9.69 Å². The van der Waals surface area contributed by atoms with E-state index >= 15 is 0 Å². The van der Waals surface area contributed by atoms with Gasteiger partial charge in [0.2, 0.25) is 15.9 Å². The molecule has 7 nitrogen and oxygen atoms in total. The Bertz CT molecular complexity index is 1050. The molecule has 1 N–H and O–H groups in total. The van der Waals surface area contributed by atoms with E-state index in [9.17, 15) is 18.5 Å². The van der Waals surface area contributed by atoms with Gasteiger partial charge in [0, 0.05) is 31.9 Å². The Labute approximate surface area is 171 Å². The second-order valence-corrected chi connectivity index (χ2v) is 9.06. The third-order valence-electron chi connectivity index (χ3n) is 4.99. The molecule has 0 atom stereocenters. The maximum absolute atomic E-state index is 12.9. The van der Waals surface area contributed by atoms with Crippen molar-refractivity contribution in [3.63, 3.8) is 0 Å². The highest BCUT2D eigenvalue weighted by molar-refractivity contribution is 7.89. The molecule has 3 rings (SSSR count). The number of sulfonamides is 1. The predicted octanol–water partition coefficient (Wildman–Crippen LogP) is 2.12. The Morgan fingerprint density at radius 2 is 1.79 bits per heavy atom. The van der Waals surface area contributed by atoms with E-state index < -0.39 is 10.0 Å². The van der Waals surface area contributed by atoms with Crippen molar-refractivity contribution < 1.29 is 13.2 Å². The van der Waals surface area contributed by atoms with E-state index in [4.69, 9.17) is 0 Å². The summed E-state index contributed by atoms with van der Waals surface area (Å²) >= 11 is 0. The van der Waals surface area contributed by atoms with Gasteiger partial charge in [-0.15, -0.1) is 0 Å². The zero-order valence-electron chi connectivity index (χ0n) is 16.6. The van der Waals surface area contributed by atoms with E-state index in [1.165, 1.54) is 16.4 Å². The van der Waals surface area contributed by atoms with Crippen LogP contribution in [0.15, 0.2) is 47.4 Å². The summed E-state index contributed by atoms with van der Waals surface area (Å²) in [5.41, 5.74) is 3.01. The Morgan fingerprint density at radius 1 is 1.10 bits per heavy atom. The fourth-order valence-electron chi connectivity index (χ4n) is 3.31. The number of anilines is 1. The molecule has 152 valence electrons. The molecule has 0 saturated carbocycles. The molecule has 0 unspecified atom stereocenters. The fraction of sp³-hybridized carbons (Fsp3) is 0.333. The number of piperazine rings is 1. The van der Waals surface area contributed by atoms with Crippen molar-refractivity contribution in [1.29, 1.82) is 5.26 Å². The molecule has 1 fully saturated rings. The van der Waals surface area contributed by atoms with Crippen LogP contribution in [0.3, 0.4) is 0 Å². The Hall–Kier alpha value is -2.73. The Kier molecular flexibility index (Phi) is 6.33. The average molecular weight is 413 g/mol. The standard InChI is InChI=1S/C21H24N4O3S/c1-16-7-8-17(2)19(13-16)23-21(26)15-24-9-11-25(12-10-24)29(27,28)20-6-4-3-5-18(20)14-22/h3-8,13H,9-12,15H2,1-2H3,(H,23,26). The number of nitriles is 1. The molecule has 1 saturated heterocycles. The molecule has 1 aliphatic rings. The number of rotatable bonds is 5. The number of benzene rings is 2. The molecular weight excluding hydrogens is 388 g/mol. The molecule has 0 radical (unpaired) electrons. The average Bonchev–Trinajstić information content (AvgIpc) is 2.71. The smallest absolute Gasteiger partial charge is 0.244 e. The summed E-state index contributed by atoms with van der Waals surface area (Å²) < 4.78 is 27.1. The van der Waals surface area contributed by atoms with Crippen molar-refractivity contribution in [3.8, 4) is 6.07 Å². The normalized spacial score (nSPS) is 15.6. The molecule has 1 aliphatic heterocycles.